The van der Waals surface area contributed by atoms with Crippen molar-refractivity contribution in [1.29, 1.82) is 0 Å². The first-order valence-corrected chi connectivity index (χ1v) is 5.58. The Balaban J connectivity index is 3.44. The Kier molecular flexibility index (Phi) is 7.58. The highest BCUT2D eigenvalue weighted by molar-refractivity contribution is 4.49. The quantitative estimate of drug-likeness (QED) is 0.596. The van der Waals surface area contributed by atoms with Gasteiger partial charge in [0.2, 0.25) is 0 Å². The molecule has 0 aromatic rings. The number of nitrogens with one attached hydrogen (secondary N) is 1. The lowest BCUT2D eigenvalue weighted by Crippen LogP contribution is -3.12. The van der Waals surface area contributed by atoms with Crippen molar-refractivity contribution in [2.45, 2.75) is 47.0 Å². The smallest absolute Gasteiger partial charge is 0.0796 e. The van der Waals surface area contributed by atoms with Gasteiger partial charge in [-0.3, -0.25) is 0 Å². The highest BCUT2D eigenvalue weighted by Gasteiger charge is 2.08. The van der Waals surface area contributed by atoms with E-state index < -0.39 is 0 Å². The lowest BCUT2D eigenvalue weighted by molar-refractivity contribution is -0.899. The Morgan fingerprint density at radius 1 is 1.08 bits per heavy atom. The monoisotopic (exact) mass is 172 g/mol. The molecule has 0 aliphatic carbocycles. The molecule has 1 nitrogen and oxygen atoms in total. The number of quaternary nitrogens is 1. The van der Waals surface area contributed by atoms with Crippen LogP contribution in [-0.4, -0.2) is 19.6 Å². The first kappa shape index (κ1) is 12.0. The van der Waals surface area contributed by atoms with Gasteiger partial charge in [-0.2, -0.15) is 0 Å². The summed E-state index contributed by atoms with van der Waals surface area (Å²) in [6.45, 7) is 13.2. The highest BCUT2D eigenvalue weighted by Crippen LogP contribution is 2.04. The van der Waals surface area contributed by atoms with Crippen molar-refractivity contribution in [2.24, 2.45) is 5.92 Å². The van der Waals surface area contributed by atoms with E-state index in [4.69, 9.17) is 0 Å². The highest BCUT2D eigenvalue weighted by atomic mass is 15.1. The third-order valence-corrected chi connectivity index (χ3v) is 2.69. The minimum Gasteiger partial charge on any atom is -0.335 e. The maximum absolute atomic E-state index is 2.39. The van der Waals surface area contributed by atoms with Gasteiger partial charge in [0.15, 0.2) is 0 Å². The van der Waals surface area contributed by atoms with Crippen LogP contribution in [0.4, 0.5) is 0 Å². The first-order chi connectivity index (χ1) is 5.74. The predicted molar refractivity (Wildman–Crippen MR) is 55.6 cm³/mol. The molecule has 0 fully saturated rings. The topological polar surface area (TPSA) is 4.44 Å². The Labute approximate surface area is 78.1 Å². The van der Waals surface area contributed by atoms with Crippen LogP contribution >= 0.6 is 0 Å². The second-order valence-electron chi connectivity index (χ2n) is 3.91. The summed E-state index contributed by atoms with van der Waals surface area (Å²) in [6, 6.07) is 0. The van der Waals surface area contributed by atoms with Gasteiger partial charge in [0.1, 0.15) is 0 Å². The largest absolute Gasteiger partial charge is 0.335 e. The molecular weight excluding hydrogens is 146 g/mol. The van der Waals surface area contributed by atoms with Crippen LogP contribution in [0.1, 0.15) is 47.0 Å². The van der Waals surface area contributed by atoms with Crippen molar-refractivity contribution >= 4 is 0 Å². The number of hydrogen-bond acceptors (Lipinski definition) is 0. The summed E-state index contributed by atoms with van der Waals surface area (Å²) in [4.78, 5) is 1.75. The average Bonchev–Trinajstić information content (AvgIpc) is 2.10. The van der Waals surface area contributed by atoms with Gasteiger partial charge in [0.25, 0.3) is 0 Å². The molecule has 1 heteroatoms. The van der Waals surface area contributed by atoms with Crippen molar-refractivity contribution in [3.63, 3.8) is 0 Å². The molecule has 0 aromatic heterocycles. The first-order valence-electron chi connectivity index (χ1n) is 5.58. The lowest BCUT2D eigenvalue weighted by Gasteiger charge is -2.19. The van der Waals surface area contributed by atoms with Crippen LogP contribution in [0.25, 0.3) is 0 Å². The van der Waals surface area contributed by atoms with E-state index in [2.05, 4.69) is 27.7 Å². The van der Waals surface area contributed by atoms with Gasteiger partial charge < -0.3 is 4.90 Å². The summed E-state index contributed by atoms with van der Waals surface area (Å²) in [5.74, 6) is 0.917. The van der Waals surface area contributed by atoms with Gasteiger partial charge >= 0.3 is 0 Å². The summed E-state index contributed by atoms with van der Waals surface area (Å²) >= 11 is 0. The van der Waals surface area contributed by atoms with E-state index >= 15 is 0 Å². The number of unbranched alkanes of at least 4 members (excludes halogenated alkanes) is 1. The van der Waals surface area contributed by atoms with Gasteiger partial charge in [0.05, 0.1) is 19.6 Å². The summed E-state index contributed by atoms with van der Waals surface area (Å²) in [5, 5.41) is 0. The summed E-state index contributed by atoms with van der Waals surface area (Å²) in [5.41, 5.74) is 0. The molecule has 0 saturated carbocycles. The fourth-order valence-electron chi connectivity index (χ4n) is 1.69. The lowest BCUT2D eigenvalue weighted by atomic mass is 10.0. The van der Waals surface area contributed by atoms with E-state index in [-0.39, 0.29) is 0 Å². The molecule has 0 aliphatic rings. The van der Waals surface area contributed by atoms with Crippen molar-refractivity contribution in [2.75, 3.05) is 19.6 Å². The third-order valence-electron chi connectivity index (χ3n) is 2.69. The van der Waals surface area contributed by atoms with Gasteiger partial charge in [-0.15, -0.1) is 0 Å². The SMILES string of the molecule is CCCCC(C)C[NH+](CC)CC. The van der Waals surface area contributed by atoms with Crippen molar-refractivity contribution < 1.29 is 4.90 Å². The summed E-state index contributed by atoms with van der Waals surface area (Å²) in [7, 11) is 0. The molecule has 0 amide bonds. The van der Waals surface area contributed by atoms with E-state index in [1.807, 2.05) is 0 Å². The molecule has 1 atom stereocenters. The minimum absolute atomic E-state index is 0.917. The number of hydrogen-bond donors (Lipinski definition) is 1. The fourth-order valence-corrected chi connectivity index (χ4v) is 1.69. The van der Waals surface area contributed by atoms with Crippen molar-refractivity contribution in [1.82, 2.24) is 0 Å². The Hall–Kier alpha value is -0.0400. The van der Waals surface area contributed by atoms with E-state index in [0.29, 0.717) is 0 Å². The van der Waals surface area contributed by atoms with Crippen LogP contribution in [0.5, 0.6) is 0 Å². The summed E-state index contributed by atoms with van der Waals surface area (Å²) < 4.78 is 0. The second kappa shape index (κ2) is 7.60. The molecule has 0 spiro atoms. The second-order valence-corrected chi connectivity index (χ2v) is 3.91. The predicted octanol–water partition coefficient (Wildman–Crippen LogP) is 1.74. The van der Waals surface area contributed by atoms with Crippen molar-refractivity contribution in [3.8, 4) is 0 Å². The molecular formula is C11H26N+. The molecule has 0 saturated heterocycles. The molecule has 0 aliphatic heterocycles. The van der Waals surface area contributed by atoms with Crippen LogP contribution < -0.4 is 4.90 Å². The average molecular weight is 172 g/mol. The fraction of sp³-hybridized carbons (Fsp3) is 1.00. The van der Waals surface area contributed by atoms with E-state index in [1.54, 1.807) is 4.90 Å². The molecule has 0 aromatic carbocycles. The van der Waals surface area contributed by atoms with Crippen molar-refractivity contribution in [3.05, 3.63) is 0 Å². The van der Waals surface area contributed by atoms with Gasteiger partial charge in [-0.25, -0.2) is 0 Å². The van der Waals surface area contributed by atoms with E-state index in [0.717, 1.165) is 5.92 Å². The Morgan fingerprint density at radius 2 is 1.67 bits per heavy atom. The van der Waals surface area contributed by atoms with E-state index in [9.17, 15) is 0 Å². The van der Waals surface area contributed by atoms with Crippen LogP contribution in [0.3, 0.4) is 0 Å². The normalized spacial score (nSPS) is 13.8. The standard InChI is InChI=1S/C11H25N/c1-5-8-9-11(4)10-12(6-2)7-3/h11H,5-10H2,1-4H3/p+1. The van der Waals surface area contributed by atoms with Gasteiger partial charge in [-0.05, 0) is 20.3 Å². The van der Waals surface area contributed by atoms with Gasteiger partial charge in [-0.1, -0.05) is 26.7 Å². The molecule has 12 heavy (non-hydrogen) atoms. The molecule has 0 heterocycles. The Morgan fingerprint density at radius 3 is 2.08 bits per heavy atom. The van der Waals surface area contributed by atoms with Crippen LogP contribution in [0, 0.1) is 5.92 Å². The molecule has 0 radical (unpaired) electrons. The summed E-state index contributed by atoms with van der Waals surface area (Å²) in [6.07, 6.45) is 4.17. The molecule has 0 bridgehead atoms. The molecule has 74 valence electrons. The van der Waals surface area contributed by atoms with Gasteiger partial charge in [0, 0.05) is 5.92 Å². The maximum atomic E-state index is 2.39. The molecule has 1 unspecified atom stereocenters. The third kappa shape index (κ3) is 5.59. The minimum atomic E-state index is 0.917. The van der Waals surface area contributed by atoms with Crippen LogP contribution in [0.15, 0.2) is 0 Å². The zero-order valence-electron chi connectivity index (χ0n) is 9.32. The Bertz CT molecular complexity index is 87.0. The van der Waals surface area contributed by atoms with Crippen LogP contribution in [0.2, 0.25) is 0 Å². The molecule has 1 N–H and O–H groups in total. The maximum Gasteiger partial charge on any atom is 0.0796 e. The zero-order valence-corrected chi connectivity index (χ0v) is 9.32. The number of rotatable bonds is 7. The molecule has 0 rings (SSSR count). The van der Waals surface area contributed by atoms with E-state index in [1.165, 1.54) is 38.9 Å². The van der Waals surface area contributed by atoms with Crippen LogP contribution in [-0.2, 0) is 0 Å². The zero-order chi connectivity index (χ0) is 9.40.